The third kappa shape index (κ3) is 4.74. The van der Waals surface area contributed by atoms with E-state index in [0.29, 0.717) is 24.5 Å². The number of ether oxygens (including phenoxy) is 1. The van der Waals surface area contributed by atoms with Crippen molar-refractivity contribution in [3.63, 3.8) is 0 Å². The van der Waals surface area contributed by atoms with Crippen molar-refractivity contribution in [2.24, 2.45) is 0 Å². The van der Waals surface area contributed by atoms with Gasteiger partial charge in [0.2, 0.25) is 5.91 Å². The molecule has 152 valence electrons. The van der Waals surface area contributed by atoms with Crippen molar-refractivity contribution in [2.45, 2.75) is 38.1 Å². The van der Waals surface area contributed by atoms with E-state index in [0.717, 1.165) is 25.7 Å². The van der Waals surface area contributed by atoms with Crippen LogP contribution in [0.3, 0.4) is 0 Å². The molecule has 1 saturated carbocycles. The Bertz CT molecular complexity index is 733. The largest absolute Gasteiger partial charge is 0.447 e. The summed E-state index contributed by atoms with van der Waals surface area (Å²) in [5.74, 6) is -0.0573. The standard InChI is InChI=1S/C20H28N4O4/c1-22(14-18(25)23(2)16-8-4-3-5-9-16)19(26)21-15-7-6-10-17(13-15)24-11-12-28-20(24)27/h6-7,10,13,16H,3-5,8-9,11-12,14H2,1-2H3,(H,21,26). The van der Waals surface area contributed by atoms with E-state index in [2.05, 4.69) is 5.32 Å². The van der Waals surface area contributed by atoms with Crippen LogP contribution < -0.4 is 10.2 Å². The Morgan fingerprint density at radius 1 is 1.21 bits per heavy atom. The first-order valence-corrected chi connectivity index (χ1v) is 9.78. The second-order valence-electron chi connectivity index (χ2n) is 7.40. The molecule has 3 rings (SSSR count). The van der Waals surface area contributed by atoms with Crippen LogP contribution in [-0.2, 0) is 9.53 Å². The average molecular weight is 388 g/mol. The minimum Gasteiger partial charge on any atom is -0.447 e. The number of likely N-dealkylation sites (N-methyl/N-ethyl adjacent to an activating group) is 2. The van der Waals surface area contributed by atoms with E-state index in [1.165, 1.54) is 16.2 Å². The van der Waals surface area contributed by atoms with Gasteiger partial charge in [0.05, 0.1) is 6.54 Å². The van der Waals surface area contributed by atoms with Gasteiger partial charge in [0.1, 0.15) is 13.2 Å². The molecule has 8 heteroatoms. The van der Waals surface area contributed by atoms with Crippen molar-refractivity contribution < 1.29 is 19.1 Å². The van der Waals surface area contributed by atoms with Crippen LogP contribution in [0.5, 0.6) is 0 Å². The monoisotopic (exact) mass is 388 g/mol. The number of anilines is 2. The van der Waals surface area contributed by atoms with E-state index in [9.17, 15) is 14.4 Å². The number of nitrogens with zero attached hydrogens (tertiary/aromatic N) is 3. The van der Waals surface area contributed by atoms with Crippen LogP contribution in [0.25, 0.3) is 0 Å². The van der Waals surface area contributed by atoms with Crippen LogP contribution >= 0.6 is 0 Å². The highest BCUT2D eigenvalue weighted by Crippen LogP contribution is 2.23. The molecule has 8 nitrogen and oxygen atoms in total. The molecule has 1 aromatic rings. The normalized spacial score (nSPS) is 17.2. The summed E-state index contributed by atoms with van der Waals surface area (Å²) in [6.45, 7) is 0.865. The van der Waals surface area contributed by atoms with E-state index < -0.39 is 6.09 Å². The Labute approximate surface area is 165 Å². The fraction of sp³-hybridized carbons (Fsp3) is 0.550. The maximum atomic E-state index is 12.5. The number of rotatable bonds is 5. The molecule has 4 amide bonds. The van der Waals surface area contributed by atoms with Crippen molar-refractivity contribution in [2.75, 3.05) is 44.0 Å². The lowest BCUT2D eigenvalue weighted by molar-refractivity contribution is -0.132. The van der Waals surface area contributed by atoms with E-state index in [1.54, 1.807) is 36.2 Å². The lowest BCUT2D eigenvalue weighted by Crippen LogP contribution is -2.45. The van der Waals surface area contributed by atoms with Gasteiger partial charge in [0.25, 0.3) is 0 Å². The molecule has 28 heavy (non-hydrogen) atoms. The number of hydrogen-bond acceptors (Lipinski definition) is 4. The van der Waals surface area contributed by atoms with Gasteiger partial charge in [-0.15, -0.1) is 0 Å². The predicted octanol–water partition coefficient (Wildman–Crippen LogP) is 2.90. The van der Waals surface area contributed by atoms with Crippen LogP contribution in [0, 0.1) is 0 Å². The van der Waals surface area contributed by atoms with Crippen molar-refractivity contribution >= 4 is 29.4 Å². The molecule has 1 heterocycles. The van der Waals surface area contributed by atoms with Gasteiger partial charge < -0.3 is 19.9 Å². The first kappa shape index (κ1) is 20.0. The average Bonchev–Trinajstić information content (AvgIpc) is 3.14. The van der Waals surface area contributed by atoms with Crippen LogP contribution in [-0.4, -0.2) is 67.7 Å². The number of nitrogens with one attached hydrogen (secondary N) is 1. The molecular formula is C20H28N4O4. The third-order valence-corrected chi connectivity index (χ3v) is 5.40. The zero-order valence-electron chi connectivity index (χ0n) is 16.5. The fourth-order valence-corrected chi connectivity index (χ4v) is 3.66. The molecule has 1 saturated heterocycles. The summed E-state index contributed by atoms with van der Waals surface area (Å²) in [6, 6.07) is 6.91. The Hall–Kier alpha value is -2.77. The lowest BCUT2D eigenvalue weighted by atomic mass is 9.94. The van der Waals surface area contributed by atoms with Gasteiger partial charge in [0, 0.05) is 31.5 Å². The Balaban J connectivity index is 1.55. The molecule has 1 aliphatic carbocycles. The number of hydrogen-bond donors (Lipinski definition) is 1. The molecule has 1 N–H and O–H groups in total. The van der Waals surface area contributed by atoms with E-state index in [-0.39, 0.29) is 24.5 Å². The van der Waals surface area contributed by atoms with E-state index in [4.69, 9.17) is 4.74 Å². The van der Waals surface area contributed by atoms with Gasteiger partial charge in [-0.3, -0.25) is 9.69 Å². The molecule has 0 atom stereocenters. The van der Waals surface area contributed by atoms with Crippen LogP contribution in [0.1, 0.15) is 32.1 Å². The van der Waals surface area contributed by atoms with Gasteiger partial charge in [-0.2, -0.15) is 0 Å². The van der Waals surface area contributed by atoms with E-state index >= 15 is 0 Å². The predicted molar refractivity (Wildman–Crippen MR) is 106 cm³/mol. The zero-order chi connectivity index (χ0) is 20.1. The number of urea groups is 1. The summed E-state index contributed by atoms with van der Waals surface area (Å²) < 4.78 is 4.94. The summed E-state index contributed by atoms with van der Waals surface area (Å²) in [5.41, 5.74) is 1.22. The SMILES string of the molecule is CN(CC(=O)N(C)C1CCCCC1)C(=O)Nc1cccc(N2CCOC2=O)c1. The van der Waals surface area contributed by atoms with Gasteiger partial charge in [-0.1, -0.05) is 25.3 Å². The van der Waals surface area contributed by atoms with Gasteiger partial charge in [-0.05, 0) is 31.0 Å². The quantitative estimate of drug-likeness (QED) is 0.841. The summed E-state index contributed by atoms with van der Waals surface area (Å²) in [7, 11) is 3.42. The number of amides is 4. The summed E-state index contributed by atoms with van der Waals surface area (Å²) >= 11 is 0. The molecule has 0 unspecified atom stereocenters. The maximum absolute atomic E-state index is 12.5. The molecule has 1 aromatic carbocycles. The van der Waals surface area contributed by atoms with Crippen molar-refractivity contribution in [1.29, 1.82) is 0 Å². The first-order chi connectivity index (χ1) is 13.5. The van der Waals surface area contributed by atoms with Crippen LogP contribution in [0.15, 0.2) is 24.3 Å². The van der Waals surface area contributed by atoms with Crippen LogP contribution in [0.2, 0.25) is 0 Å². The molecule has 2 aliphatic rings. The minimum absolute atomic E-state index is 0.0248. The van der Waals surface area contributed by atoms with Crippen LogP contribution in [0.4, 0.5) is 21.0 Å². The molecule has 0 aromatic heterocycles. The Kier molecular flexibility index (Phi) is 6.38. The molecule has 0 spiro atoms. The summed E-state index contributed by atoms with van der Waals surface area (Å²) in [6.07, 6.45) is 5.21. The molecular weight excluding hydrogens is 360 g/mol. The molecule has 1 aliphatic heterocycles. The number of cyclic esters (lactones) is 1. The maximum Gasteiger partial charge on any atom is 0.414 e. The number of carbonyl (C=O) groups is 3. The van der Waals surface area contributed by atoms with Gasteiger partial charge in [-0.25, -0.2) is 9.59 Å². The highest BCUT2D eigenvalue weighted by molar-refractivity contribution is 5.94. The van der Waals surface area contributed by atoms with Crippen molar-refractivity contribution in [1.82, 2.24) is 9.80 Å². The molecule has 0 bridgehead atoms. The number of carbonyl (C=O) groups excluding carboxylic acids is 3. The minimum atomic E-state index is -0.392. The topological polar surface area (TPSA) is 82.2 Å². The summed E-state index contributed by atoms with van der Waals surface area (Å²) in [5, 5.41) is 2.78. The number of benzene rings is 1. The second-order valence-corrected chi connectivity index (χ2v) is 7.40. The highest BCUT2D eigenvalue weighted by atomic mass is 16.6. The highest BCUT2D eigenvalue weighted by Gasteiger charge is 2.25. The Morgan fingerprint density at radius 3 is 2.64 bits per heavy atom. The first-order valence-electron chi connectivity index (χ1n) is 9.78. The van der Waals surface area contributed by atoms with Gasteiger partial charge in [0.15, 0.2) is 0 Å². The second kappa shape index (κ2) is 8.95. The zero-order valence-corrected chi connectivity index (χ0v) is 16.5. The summed E-state index contributed by atoms with van der Waals surface area (Å²) in [4.78, 5) is 41.4. The smallest absolute Gasteiger partial charge is 0.414 e. The van der Waals surface area contributed by atoms with Crippen molar-refractivity contribution in [3.8, 4) is 0 Å². The molecule has 0 radical (unpaired) electrons. The Morgan fingerprint density at radius 2 is 1.96 bits per heavy atom. The van der Waals surface area contributed by atoms with E-state index in [1.807, 2.05) is 7.05 Å². The lowest BCUT2D eigenvalue weighted by Gasteiger charge is -2.32. The third-order valence-electron chi connectivity index (χ3n) is 5.40. The van der Waals surface area contributed by atoms with Gasteiger partial charge >= 0.3 is 12.1 Å². The van der Waals surface area contributed by atoms with Crippen molar-refractivity contribution in [3.05, 3.63) is 24.3 Å². The molecule has 2 fully saturated rings. The fourth-order valence-electron chi connectivity index (χ4n) is 3.66.